The maximum atomic E-state index is 5.56. The van der Waals surface area contributed by atoms with Crippen molar-refractivity contribution in [3.63, 3.8) is 0 Å². The lowest BCUT2D eigenvalue weighted by Crippen LogP contribution is -2.35. The minimum atomic E-state index is 0.174. The van der Waals surface area contributed by atoms with Gasteiger partial charge in [0, 0.05) is 7.11 Å². The molecule has 1 heteroatoms. The zero-order chi connectivity index (χ0) is 9.19. The maximum absolute atomic E-state index is 5.56. The smallest absolute Gasteiger partial charge is 0.0653 e. The lowest BCUT2D eigenvalue weighted by molar-refractivity contribution is -0.0461. The van der Waals surface area contributed by atoms with Crippen LogP contribution in [0.5, 0.6) is 0 Å². The lowest BCUT2D eigenvalue weighted by Gasteiger charge is -2.38. The molecule has 12 heavy (non-hydrogen) atoms. The quantitative estimate of drug-likeness (QED) is 0.618. The van der Waals surface area contributed by atoms with Gasteiger partial charge in [0.1, 0.15) is 0 Å². The number of rotatable bonds is 2. The predicted octanol–water partition coefficient (Wildman–Crippen LogP) is 3.24. The standard InChI is InChI=1S/C11H22O/c1-9(2)10-6-5-7-11(3,8-10)12-4/h9-10H,5-8H2,1-4H3/t10-,11-/m0/s1. The maximum Gasteiger partial charge on any atom is 0.0653 e. The molecule has 0 N–H and O–H groups in total. The molecule has 1 saturated carbocycles. The molecule has 0 aromatic carbocycles. The first-order chi connectivity index (χ1) is 5.57. The molecular weight excluding hydrogens is 148 g/mol. The summed E-state index contributed by atoms with van der Waals surface area (Å²) in [5.41, 5.74) is 0.174. The molecule has 0 radical (unpaired) electrons. The van der Waals surface area contributed by atoms with E-state index in [1.807, 2.05) is 7.11 Å². The van der Waals surface area contributed by atoms with E-state index in [1.165, 1.54) is 25.7 Å². The van der Waals surface area contributed by atoms with Gasteiger partial charge in [0.05, 0.1) is 5.60 Å². The van der Waals surface area contributed by atoms with E-state index >= 15 is 0 Å². The molecule has 0 amide bonds. The van der Waals surface area contributed by atoms with Crippen LogP contribution in [0.1, 0.15) is 46.5 Å². The van der Waals surface area contributed by atoms with Crippen molar-refractivity contribution < 1.29 is 4.74 Å². The van der Waals surface area contributed by atoms with Crippen molar-refractivity contribution in [3.8, 4) is 0 Å². The van der Waals surface area contributed by atoms with Gasteiger partial charge in [0.2, 0.25) is 0 Å². The van der Waals surface area contributed by atoms with Gasteiger partial charge in [-0.3, -0.25) is 0 Å². The van der Waals surface area contributed by atoms with Crippen LogP contribution >= 0.6 is 0 Å². The van der Waals surface area contributed by atoms with Crippen LogP contribution < -0.4 is 0 Å². The van der Waals surface area contributed by atoms with Gasteiger partial charge in [-0.15, -0.1) is 0 Å². The fourth-order valence-corrected chi connectivity index (χ4v) is 2.25. The molecule has 2 atom stereocenters. The fraction of sp³-hybridized carbons (Fsp3) is 1.00. The topological polar surface area (TPSA) is 9.23 Å². The van der Waals surface area contributed by atoms with Gasteiger partial charge in [-0.2, -0.15) is 0 Å². The van der Waals surface area contributed by atoms with Crippen molar-refractivity contribution >= 4 is 0 Å². The van der Waals surface area contributed by atoms with Crippen LogP contribution in [0, 0.1) is 11.8 Å². The number of methoxy groups -OCH3 is 1. The van der Waals surface area contributed by atoms with Gasteiger partial charge in [-0.25, -0.2) is 0 Å². The number of hydrogen-bond acceptors (Lipinski definition) is 1. The van der Waals surface area contributed by atoms with Crippen molar-refractivity contribution in [2.24, 2.45) is 11.8 Å². The zero-order valence-corrected chi connectivity index (χ0v) is 8.89. The van der Waals surface area contributed by atoms with E-state index < -0.39 is 0 Å². The summed E-state index contributed by atoms with van der Waals surface area (Å²) in [5, 5.41) is 0. The summed E-state index contributed by atoms with van der Waals surface area (Å²) in [4.78, 5) is 0. The number of hydrogen-bond donors (Lipinski definition) is 0. The molecule has 72 valence electrons. The van der Waals surface area contributed by atoms with E-state index in [-0.39, 0.29) is 5.60 Å². The summed E-state index contributed by atoms with van der Waals surface area (Å²) in [6, 6.07) is 0. The van der Waals surface area contributed by atoms with Crippen LogP contribution in [-0.2, 0) is 4.74 Å². The highest BCUT2D eigenvalue weighted by Crippen LogP contribution is 2.37. The molecule has 0 bridgehead atoms. The zero-order valence-electron chi connectivity index (χ0n) is 8.89. The van der Waals surface area contributed by atoms with E-state index in [2.05, 4.69) is 20.8 Å². The van der Waals surface area contributed by atoms with Gasteiger partial charge in [0.15, 0.2) is 0 Å². The first-order valence-electron chi connectivity index (χ1n) is 5.12. The SMILES string of the molecule is CO[C@@]1(C)CCC[C@H](C(C)C)C1. The minimum absolute atomic E-state index is 0.174. The lowest BCUT2D eigenvalue weighted by atomic mass is 9.74. The second-order valence-corrected chi connectivity index (χ2v) is 4.75. The van der Waals surface area contributed by atoms with Crippen LogP contribution in [0.15, 0.2) is 0 Å². The molecule has 0 saturated heterocycles. The van der Waals surface area contributed by atoms with E-state index in [9.17, 15) is 0 Å². The molecule has 1 rings (SSSR count). The van der Waals surface area contributed by atoms with Crippen molar-refractivity contribution in [1.29, 1.82) is 0 Å². The van der Waals surface area contributed by atoms with Crippen LogP contribution in [0.25, 0.3) is 0 Å². The fourth-order valence-electron chi connectivity index (χ4n) is 2.25. The Morgan fingerprint density at radius 1 is 1.42 bits per heavy atom. The van der Waals surface area contributed by atoms with Crippen molar-refractivity contribution in [2.45, 2.75) is 52.1 Å². The highest BCUT2D eigenvalue weighted by Gasteiger charge is 2.32. The summed E-state index contributed by atoms with van der Waals surface area (Å²) >= 11 is 0. The molecule has 1 aliphatic carbocycles. The Kier molecular flexibility index (Phi) is 3.16. The summed E-state index contributed by atoms with van der Waals surface area (Å²) in [7, 11) is 1.85. The van der Waals surface area contributed by atoms with E-state index in [1.54, 1.807) is 0 Å². The first-order valence-corrected chi connectivity index (χ1v) is 5.12. The second kappa shape index (κ2) is 3.78. The van der Waals surface area contributed by atoms with Gasteiger partial charge in [0.25, 0.3) is 0 Å². The molecule has 0 heterocycles. The van der Waals surface area contributed by atoms with Crippen molar-refractivity contribution in [3.05, 3.63) is 0 Å². The Morgan fingerprint density at radius 3 is 2.58 bits per heavy atom. The summed E-state index contributed by atoms with van der Waals surface area (Å²) < 4.78 is 5.56. The third-order valence-corrected chi connectivity index (χ3v) is 3.41. The second-order valence-electron chi connectivity index (χ2n) is 4.75. The normalized spacial score (nSPS) is 37.2. The Bertz CT molecular complexity index is 142. The van der Waals surface area contributed by atoms with Gasteiger partial charge < -0.3 is 4.74 Å². The Morgan fingerprint density at radius 2 is 2.08 bits per heavy atom. The minimum Gasteiger partial charge on any atom is -0.379 e. The highest BCUT2D eigenvalue weighted by molar-refractivity contribution is 4.84. The van der Waals surface area contributed by atoms with Crippen LogP contribution in [0.3, 0.4) is 0 Å². The first kappa shape index (κ1) is 10.0. The molecular formula is C11H22O. The summed E-state index contributed by atoms with van der Waals surface area (Å²) in [5.74, 6) is 1.70. The van der Waals surface area contributed by atoms with Gasteiger partial charge in [-0.1, -0.05) is 20.3 Å². The number of ether oxygens (including phenoxy) is 1. The molecule has 0 aromatic heterocycles. The van der Waals surface area contributed by atoms with Crippen molar-refractivity contribution in [1.82, 2.24) is 0 Å². The molecule has 1 aliphatic rings. The van der Waals surface area contributed by atoms with Crippen molar-refractivity contribution in [2.75, 3.05) is 7.11 Å². The molecule has 1 nitrogen and oxygen atoms in total. The Balaban J connectivity index is 2.51. The predicted molar refractivity (Wildman–Crippen MR) is 52.2 cm³/mol. The van der Waals surface area contributed by atoms with E-state index in [0.29, 0.717) is 0 Å². The summed E-state index contributed by atoms with van der Waals surface area (Å²) in [6.45, 7) is 6.90. The molecule has 1 fully saturated rings. The third kappa shape index (κ3) is 2.22. The van der Waals surface area contributed by atoms with Crippen LogP contribution in [-0.4, -0.2) is 12.7 Å². The van der Waals surface area contributed by atoms with E-state index in [4.69, 9.17) is 4.74 Å². The van der Waals surface area contributed by atoms with Gasteiger partial charge >= 0.3 is 0 Å². The van der Waals surface area contributed by atoms with Crippen LogP contribution in [0.4, 0.5) is 0 Å². The third-order valence-electron chi connectivity index (χ3n) is 3.41. The molecule has 0 aromatic rings. The largest absolute Gasteiger partial charge is 0.379 e. The Labute approximate surface area is 76.5 Å². The average molecular weight is 170 g/mol. The average Bonchev–Trinajstić information content (AvgIpc) is 2.05. The molecule has 0 unspecified atom stereocenters. The van der Waals surface area contributed by atoms with Gasteiger partial charge in [-0.05, 0) is 38.0 Å². The highest BCUT2D eigenvalue weighted by atomic mass is 16.5. The monoisotopic (exact) mass is 170 g/mol. The Hall–Kier alpha value is -0.0400. The molecule has 0 aliphatic heterocycles. The molecule has 0 spiro atoms. The van der Waals surface area contributed by atoms with E-state index in [0.717, 1.165) is 11.8 Å². The summed E-state index contributed by atoms with van der Waals surface area (Å²) in [6.07, 6.45) is 5.23. The van der Waals surface area contributed by atoms with Crippen LogP contribution in [0.2, 0.25) is 0 Å².